The lowest BCUT2D eigenvalue weighted by Crippen LogP contribution is -2.28. The van der Waals surface area contributed by atoms with E-state index in [-0.39, 0.29) is 0 Å². The normalized spacial score (nSPS) is 13.0. The number of pyridine rings is 1. The zero-order valence-corrected chi connectivity index (χ0v) is 17.9. The van der Waals surface area contributed by atoms with Crippen molar-refractivity contribution in [1.29, 1.82) is 0 Å². The molecule has 1 aromatic heterocycles. The van der Waals surface area contributed by atoms with Gasteiger partial charge in [0.05, 0.1) is 5.69 Å². The van der Waals surface area contributed by atoms with Crippen LogP contribution in [0.25, 0.3) is 11.8 Å². The molecule has 30 heavy (non-hydrogen) atoms. The van der Waals surface area contributed by atoms with Crippen LogP contribution in [0, 0.1) is 6.92 Å². The van der Waals surface area contributed by atoms with Crippen molar-refractivity contribution in [3.8, 4) is 0 Å². The summed E-state index contributed by atoms with van der Waals surface area (Å²) in [5, 5.41) is 4.06. The largest absolute Gasteiger partial charge is 0.365 e. The lowest BCUT2D eigenvalue weighted by molar-refractivity contribution is 0.712. The van der Waals surface area contributed by atoms with Gasteiger partial charge in [-0.05, 0) is 36.2 Å². The van der Waals surface area contributed by atoms with Gasteiger partial charge in [-0.1, -0.05) is 61.2 Å². The Morgan fingerprint density at radius 2 is 1.93 bits per heavy atom. The molecule has 0 bridgehead atoms. The number of benzene rings is 2. The van der Waals surface area contributed by atoms with Crippen LogP contribution >= 0.6 is 11.6 Å². The van der Waals surface area contributed by atoms with E-state index in [9.17, 15) is 0 Å². The number of halogens is 1. The Kier molecular flexibility index (Phi) is 5.42. The van der Waals surface area contributed by atoms with Gasteiger partial charge < -0.3 is 10.2 Å². The summed E-state index contributed by atoms with van der Waals surface area (Å²) in [4.78, 5) is 11.5. The van der Waals surface area contributed by atoms with Crippen LogP contribution in [-0.2, 0) is 6.54 Å². The molecule has 3 aromatic rings. The van der Waals surface area contributed by atoms with Crippen LogP contribution in [-0.4, -0.2) is 22.8 Å². The van der Waals surface area contributed by atoms with Crippen molar-refractivity contribution in [2.24, 2.45) is 4.99 Å². The van der Waals surface area contributed by atoms with Crippen molar-refractivity contribution in [3.63, 3.8) is 0 Å². The highest BCUT2D eigenvalue weighted by Gasteiger charge is 2.24. The van der Waals surface area contributed by atoms with Gasteiger partial charge in [-0.15, -0.1) is 0 Å². The first-order chi connectivity index (χ1) is 14.5. The number of anilines is 1. The van der Waals surface area contributed by atoms with Gasteiger partial charge in [0.2, 0.25) is 0 Å². The van der Waals surface area contributed by atoms with Crippen LogP contribution in [0.4, 0.5) is 11.5 Å². The van der Waals surface area contributed by atoms with Gasteiger partial charge in [0, 0.05) is 47.2 Å². The zero-order valence-electron chi connectivity index (χ0n) is 17.1. The summed E-state index contributed by atoms with van der Waals surface area (Å²) in [6.07, 6.45) is 3.64. The van der Waals surface area contributed by atoms with E-state index in [1.165, 1.54) is 0 Å². The van der Waals surface area contributed by atoms with Crippen LogP contribution in [0.5, 0.6) is 0 Å². The molecule has 0 fully saturated rings. The topological polar surface area (TPSA) is 40.5 Å². The average Bonchev–Trinajstić information content (AvgIpc) is 2.76. The molecule has 4 nitrogen and oxygen atoms in total. The molecule has 4 rings (SSSR count). The highest BCUT2D eigenvalue weighted by Crippen LogP contribution is 2.39. The fourth-order valence-corrected chi connectivity index (χ4v) is 3.79. The first kappa shape index (κ1) is 19.9. The Morgan fingerprint density at radius 3 is 2.67 bits per heavy atom. The number of aliphatic imine (C=N–C) groups is 1. The first-order valence-electron chi connectivity index (χ1n) is 9.70. The number of nitrogens with zero attached hydrogens (tertiary/aromatic N) is 3. The molecule has 0 atom stereocenters. The standard InChI is InChI=1S/C25H23ClN4/c1-5-18-11-16(2)14-27-24(18)28-15-20-12-21(26)13-22-17(3)30(4)25(29-23(20)22)19-9-7-6-8-10-19/h5-14H,1,3,15H2,2,4H3,(H,27,28). The van der Waals surface area contributed by atoms with Gasteiger partial charge in [-0.2, -0.15) is 0 Å². The van der Waals surface area contributed by atoms with Crippen molar-refractivity contribution in [3.05, 3.63) is 101 Å². The monoisotopic (exact) mass is 414 g/mol. The summed E-state index contributed by atoms with van der Waals surface area (Å²) in [6, 6.07) is 16.0. The summed E-state index contributed by atoms with van der Waals surface area (Å²) in [6.45, 7) is 10.7. The van der Waals surface area contributed by atoms with E-state index in [1.807, 2.05) is 67.5 Å². The number of hydrogen-bond acceptors (Lipinski definition) is 4. The van der Waals surface area contributed by atoms with Crippen molar-refractivity contribution < 1.29 is 0 Å². The summed E-state index contributed by atoms with van der Waals surface area (Å²) in [5.74, 6) is 1.64. The van der Waals surface area contributed by atoms with Crippen molar-refractivity contribution in [2.45, 2.75) is 13.5 Å². The van der Waals surface area contributed by atoms with E-state index in [4.69, 9.17) is 16.6 Å². The summed E-state index contributed by atoms with van der Waals surface area (Å²) in [5.41, 5.74) is 6.74. The molecular weight excluding hydrogens is 392 g/mol. The molecule has 0 unspecified atom stereocenters. The minimum absolute atomic E-state index is 0.530. The van der Waals surface area contributed by atoms with Crippen LogP contribution in [0.1, 0.15) is 27.8 Å². The van der Waals surface area contributed by atoms with Gasteiger partial charge in [0.1, 0.15) is 11.7 Å². The summed E-state index contributed by atoms with van der Waals surface area (Å²) >= 11 is 6.44. The summed E-state index contributed by atoms with van der Waals surface area (Å²) < 4.78 is 0. The van der Waals surface area contributed by atoms with E-state index in [0.717, 1.165) is 50.9 Å². The van der Waals surface area contributed by atoms with Crippen LogP contribution < -0.4 is 5.32 Å². The maximum absolute atomic E-state index is 6.44. The Labute approximate surface area is 182 Å². The maximum Gasteiger partial charge on any atom is 0.140 e. The molecule has 0 saturated carbocycles. The fourth-order valence-electron chi connectivity index (χ4n) is 3.55. The Balaban J connectivity index is 1.75. The second kappa shape index (κ2) is 8.17. The minimum Gasteiger partial charge on any atom is -0.365 e. The van der Waals surface area contributed by atoms with Gasteiger partial charge in [-0.25, -0.2) is 9.98 Å². The lowest BCUT2D eigenvalue weighted by atomic mass is 10.0. The average molecular weight is 415 g/mol. The van der Waals surface area contributed by atoms with Crippen molar-refractivity contribution >= 4 is 40.7 Å². The smallest absolute Gasteiger partial charge is 0.140 e. The van der Waals surface area contributed by atoms with E-state index in [2.05, 4.69) is 29.5 Å². The molecule has 1 N–H and O–H groups in total. The molecule has 0 aliphatic carbocycles. The second-order valence-electron chi connectivity index (χ2n) is 7.28. The van der Waals surface area contributed by atoms with Gasteiger partial charge in [-0.3, -0.25) is 0 Å². The molecular formula is C25H23ClN4. The molecule has 0 saturated heterocycles. The van der Waals surface area contributed by atoms with E-state index < -0.39 is 0 Å². The minimum atomic E-state index is 0.530. The third-order valence-electron chi connectivity index (χ3n) is 5.16. The predicted molar refractivity (Wildman–Crippen MR) is 127 cm³/mol. The van der Waals surface area contributed by atoms with Gasteiger partial charge >= 0.3 is 0 Å². The fraction of sp³-hybridized carbons (Fsp3) is 0.120. The van der Waals surface area contributed by atoms with E-state index >= 15 is 0 Å². The Hall–Kier alpha value is -3.37. The molecule has 1 aliphatic heterocycles. The summed E-state index contributed by atoms with van der Waals surface area (Å²) in [7, 11) is 1.97. The number of nitrogens with one attached hydrogen (secondary N) is 1. The van der Waals surface area contributed by atoms with Gasteiger partial charge in [0.15, 0.2) is 0 Å². The molecule has 2 heterocycles. The molecule has 0 spiro atoms. The predicted octanol–water partition coefficient (Wildman–Crippen LogP) is 6.29. The second-order valence-corrected chi connectivity index (χ2v) is 7.71. The molecule has 5 heteroatoms. The number of hydrogen-bond donors (Lipinski definition) is 1. The molecule has 0 radical (unpaired) electrons. The van der Waals surface area contributed by atoms with Crippen LogP contribution in [0.15, 0.2) is 72.9 Å². The zero-order chi connectivity index (χ0) is 21.3. The molecule has 0 amide bonds. The van der Waals surface area contributed by atoms with Crippen LogP contribution in [0.2, 0.25) is 5.02 Å². The Morgan fingerprint density at radius 1 is 1.17 bits per heavy atom. The number of rotatable bonds is 5. The molecule has 2 aromatic carbocycles. The molecule has 1 aliphatic rings. The highest BCUT2D eigenvalue weighted by atomic mass is 35.5. The number of fused-ring (bicyclic) bond motifs is 1. The Bertz CT molecular complexity index is 1170. The van der Waals surface area contributed by atoms with Crippen LogP contribution in [0.3, 0.4) is 0 Å². The van der Waals surface area contributed by atoms with Gasteiger partial charge in [0.25, 0.3) is 0 Å². The molecule has 150 valence electrons. The maximum atomic E-state index is 6.44. The quantitative estimate of drug-likeness (QED) is 0.533. The van der Waals surface area contributed by atoms with Crippen molar-refractivity contribution in [1.82, 2.24) is 9.88 Å². The number of aromatic nitrogens is 1. The number of aryl methyl sites for hydroxylation is 1. The third-order valence-corrected chi connectivity index (χ3v) is 5.38. The lowest BCUT2D eigenvalue weighted by Gasteiger charge is -2.30. The van der Waals surface area contributed by atoms with E-state index in [1.54, 1.807) is 6.08 Å². The van der Waals surface area contributed by atoms with Crippen molar-refractivity contribution in [2.75, 3.05) is 12.4 Å². The highest BCUT2D eigenvalue weighted by molar-refractivity contribution is 6.31. The third kappa shape index (κ3) is 3.74. The first-order valence-corrected chi connectivity index (χ1v) is 10.1. The van der Waals surface area contributed by atoms with E-state index in [0.29, 0.717) is 11.6 Å². The number of amidine groups is 1. The SMILES string of the molecule is C=Cc1cc(C)cnc1NCc1cc(Cl)cc2c1N=C(c1ccccc1)N(C)C2=C.